The highest BCUT2D eigenvalue weighted by Crippen LogP contribution is 2.18. The summed E-state index contributed by atoms with van der Waals surface area (Å²) >= 11 is 0. The zero-order chi connectivity index (χ0) is 18.8. The number of hydrogen-bond donors (Lipinski definition) is 0. The molecule has 1 aromatic heterocycles. The van der Waals surface area contributed by atoms with Crippen LogP contribution in [0.3, 0.4) is 0 Å². The molecule has 25 heavy (non-hydrogen) atoms. The van der Waals surface area contributed by atoms with Crippen LogP contribution < -0.4 is 0 Å². The van der Waals surface area contributed by atoms with Gasteiger partial charge >= 0.3 is 12.3 Å². The van der Waals surface area contributed by atoms with Crippen LogP contribution in [0.2, 0.25) is 0 Å². The summed E-state index contributed by atoms with van der Waals surface area (Å²) in [7, 11) is -2.16. The maximum absolute atomic E-state index is 12.6. The Morgan fingerprint density at radius 3 is 2.52 bits per heavy atom. The first-order valence-corrected chi connectivity index (χ1v) is 8.93. The number of hydrogen-bond acceptors (Lipinski definition) is 5. The molecule has 1 fully saturated rings. The van der Waals surface area contributed by atoms with Gasteiger partial charge in [0.25, 0.3) is 10.0 Å². The molecule has 1 saturated heterocycles. The normalized spacial score (nSPS) is 17.4. The van der Waals surface area contributed by atoms with Gasteiger partial charge in [-0.15, -0.1) is 0 Å². The summed E-state index contributed by atoms with van der Waals surface area (Å²) in [6.45, 7) is 0.156. The minimum Gasteiger partial charge on any atom is -0.440 e. The minimum atomic E-state index is -4.60. The minimum absolute atomic E-state index is 0.0426. The Bertz CT molecular complexity index is 713. The number of amides is 1. The van der Waals surface area contributed by atoms with Crippen molar-refractivity contribution in [1.82, 2.24) is 18.8 Å². The highest BCUT2D eigenvalue weighted by molar-refractivity contribution is 7.89. The van der Waals surface area contributed by atoms with Gasteiger partial charge in [-0.1, -0.05) is 0 Å². The van der Waals surface area contributed by atoms with Gasteiger partial charge in [-0.2, -0.15) is 17.5 Å². The quantitative estimate of drug-likeness (QED) is 0.780. The first-order chi connectivity index (χ1) is 11.5. The summed E-state index contributed by atoms with van der Waals surface area (Å²) in [6, 6.07) is 0. The molecular formula is C13H19F3N4O4S. The fourth-order valence-corrected chi connectivity index (χ4v) is 3.83. The van der Waals surface area contributed by atoms with Gasteiger partial charge in [0, 0.05) is 39.4 Å². The van der Waals surface area contributed by atoms with Crippen molar-refractivity contribution in [1.29, 1.82) is 0 Å². The summed E-state index contributed by atoms with van der Waals surface area (Å²) in [5.41, 5.74) is 0. The molecule has 0 spiro atoms. The lowest BCUT2D eigenvalue weighted by atomic mass is 10.4. The molecule has 0 N–H and O–H groups in total. The number of halogens is 3. The summed E-state index contributed by atoms with van der Waals surface area (Å²) in [4.78, 5) is 16.8. The number of alkyl halides is 3. The van der Waals surface area contributed by atoms with Gasteiger partial charge in [0.15, 0.2) is 11.6 Å². The van der Waals surface area contributed by atoms with Crippen molar-refractivity contribution in [2.75, 3.05) is 32.8 Å². The van der Waals surface area contributed by atoms with Crippen LogP contribution in [0.5, 0.6) is 0 Å². The number of imidazole rings is 1. The second kappa shape index (κ2) is 7.20. The summed E-state index contributed by atoms with van der Waals surface area (Å²) in [5.74, 6) is 0.533. The first kappa shape index (κ1) is 19.5. The smallest absolute Gasteiger partial charge is 0.422 e. The van der Waals surface area contributed by atoms with E-state index in [2.05, 4.69) is 9.72 Å². The number of ether oxygens (including phenoxy) is 1. The Morgan fingerprint density at radius 1 is 1.28 bits per heavy atom. The van der Waals surface area contributed by atoms with E-state index < -0.39 is 28.9 Å². The summed E-state index contributed by atoms with van der Waals surface area (Å²) in [6.07, 6.45) is -4.03. The average Bonchev–Trinajstić information content (AvgIpc) is 2.74. The third kappa shape index (κ3) is 4.84. The molecule has 2 heterocycles. The van der Waals surface area contributed by atoms with Gasteiger partial charge in [-0.25, -0.2) is 18.2 Å². The van der Waals surface area contributed by atoms with Crippen molar-refractivity contribution in [2.45, 2.75) is 24.5 Å². The molecule has 0 aromatic carbocycles. The van der Waals surface area contributed by atoms with E-state index >= 15 is 0 Å². The number of carbonyl (C=O) groups is 1. The number of nitrogens with zero attached hydrogens (tertiary/aromatic N) is 4. The predicted molar refractivity (Wildman–Crippen MR) is 80.3 cm³/mol. The lowest BCUT2D eigenvalue weighted by molar-refractivity contribution is -0.162. The van der Waals surface area contributed by atoms with Crippen molar-refractivity contribution < 1.29 is 31.1 Å². The van der Waals surface area contributed by atoms with E-state index in [-0.39, 0.29) is 37.6 Å². The molecule has 1 aliphatic rings. The van der Waals surface area contributed by atoms with E-state index in [4.69, 9.17) is 0 Å². The number of carbonyl (C=O) groups excluding carboxylic acids is 1. The summed E-state index contributed by atoms with van der Waals surface area (Å²) < 4.78 is 68.5. The number of aryl methyl sites for hydroxylation is 2. The van der Waals surface area contributed by atoms with Gasteiger partial charge in [-0.05, 0) is 13.3 Å². The Labute approximate surface area is 143 Å². The van der Waals surface area contributed by atoms with Crippen LogP contribution in [0.1, 0.15) is 12.2 Å². The van der Waals surface area contributed by atoms with E-state index in [0.29, 0.717) is 5.82 Å². The van der Waals surface area contributed by atoms with Crippen molar-refractivity contribution in [3.63, 3.8) is 0 Å². The van der Waals surface area contributed by atoms with Gasteiger partial charge in [0.1, 0.15) is 5.82 Å². The SMILES string of the molecule is Cc1nc(S(=O)(=O)N2CCCN(C(=O)OCC(F)(F)F)CC2)cn1C. The van der Waals surface area contributed by atoms with Gasteiger partial charge < -0.3 is 14.2 Å². The van der Waals surface area contributed by atoms with Gasteiger partial charge in [-0.3, -0.25) is 0 Å². The molecule has 0 unspecified atom stereocenters. The molecule has 0 radical (unpaired) electrons. The number of aromatic nitrogens is 2. The van der Waals surface area contributed by atoms with Gasteiger partial charge in [0.2, 0.25) is 0 Å². The molecule has 142 valence electrons. The Hall–Kier alpha value is -1.82. The molecule has 1 aliphatic heterocycles. The lowest BCUT2D eigenvalue weighted by Gasteiger charge is -2.21. The highest BCUT2D eigenvalue weighted by Gasteiger charge is 2.33. The summed E-state index contributed by atoms with van der Waals surface area (Å²) in [5, 5.41) is -0.0967. The van der Waals surface area contributed by atoms with Crippen LogP contribution in [0.15, 0.2) is 11.2 Å². The van der Waals surface area contributed by atoms with Gasteiger partial charge in [0.05, 0.1) is 0 Å². The molecule has 0 bridgehead atoms. The molecule has 12 heteroatoms. The van der Waals surface area contributed by atoms with Crippen molar-refractivity contribution >= 4 is 16.1 Å². The molecular weight excluding hydrogens is 365 g/mol. The van der Waals surface area contributed by atoms with E-state index in [9.17, 15) is 26.4 Å². The highest BCUT2D eigenvalue weighted by atomic mass is 32.2. The predicted octanol–water partition coefficient (Wildman–Crippen LogP) is 1.12. The topological polar surface area (TPSA) is 84.7 Å². The van der Waals surface area contributed by atoms with Crippen molar-refractivity contribution in [3.05, 3.63) is 12.0 Å². The van der Waals surface area contributed by atoms with Crippen molar-refractivity contribution in [3.8, 4) is 0 Å². The average molecular weight is 384 g/mol. The molecule has 0 saturated carbocycles. The molecule has 1 aromatic rings. The lowest BCUT2D eigenvalue weighted by Crippen LogP contribution is -2.38. The van der Waals surface area contributed by atoms with E-state index in [0.717, 1.165) is 4.90 Å². The van der Waals surface area contributed by atoms with Crippen LogP contribution in [0.25, 0.3) is 0 Å². The monoisotopic (exact) mass is 384 g/mol. The Balaban J connectivity index is 2.02. The second-order valence-corrected chi connectivity index (χ2v) is 7.54. The van der Waals surface area contributed by atoms with E-state index in [1.807, 2.05) is 0 Å². The fraction of sp³-hybridized carbons (Fsp3) is 0.692. The second-order valence-electron chi connectivity index (χ2n) is 5.65. The number of rotatable bonds is 3. The van der Waals surface area contributed by atoms with Crippen molar-refractivity contribution in [2.24, 2.45) is 7.05 Å². The van der Waals surface area contributed by atoms with Crippen LogP contribution in [0.4, 0.5) is 18.0 Å². The van der Waals surface area contributed by atoms with Crippen LogP contribution in [-0.4, -0.2) is 72.2 Å². The maximum Gasteiger partial charge on any atom is 0.422 e. The Kier molecular flexibility index (Phi) is 5.62. The Morgan fingerprint density at radius 2 is 1.96 bits per heavy atom. The van der Waals surface area contributed by atoms with Crippen LogP contribution in [0, 0.1) is 6.92 Å². The molecule has 0 atom stereocenters. The molecule has 2 rings (SSSR count). The largest absolute Gasteiger partial charge is 0.440 e. The third-order valence-electron chi connectivity index (χ3n) is 3.76. The zero-order valence-corrected chi connectivity index (χ0v) is 14.6. The third-order valence-corrected chi connectivity index (χ3v) is 5.53. The number of sulfonamides is 1. The molecule has 8 nitrogen and oxygen atoms in total. The van der Waals surface area contributed by atoms with Crippen LogP contribution in [-0.2, 0) is 21.8 Å². The molecule has 0 aliphatic carbocycles. The molecule has 1 amide bonds. The van der Waals surface area contributed by atoms with Crippen LogP contribution >= 0.6 is 0 Å². The first-order valence-electron chi connectivity index (χ1n) is 7.49. The van der Waals surface area contributed by atoms with E-state index in [1.165, 1.54) is 10.5 Å². The maximum atomic E-state index is 12.6. The fourth-order valence-electron chi connectivity index (χ4n) is 2.33. The zero-order valence-electron chi connectivity index (χ0n) is 13.8. The van der Waals surface area contributed by atoms with E-state index in [1.54, 1.807) is 18.5 Å². The standard InChI is InChI=1S/C13H19F3N4O4S/c1-10-17-11(8-18(10)2)25(22,23)20-5-3-4-19(6-7-20)12(21)24-9-13(14,15)16/h8H,3-7,9H2,1-2H3.